The van der Waals surface area contributed by atoms with Gasteiger partial charge in [0.15, 0.2) is 11.0 Å². The van der Waals surface area contributed by atoms with Crippen LogP contribution in [0.1, 0.15) is 12.7 Å². The lowest BCUT2D eigenvalue weighted by Crippen LogP contribution is -2.33. The number of hydrogen-bond acceptors (Lipinski definition) is 6. The molecule has 0 bridgehead atoms. The van der Waals surface area contributed by atoms with E-state index in [0.29, 0.717) is 24.9 Å². The van der Waals surface area contributed by atoms with E-state index >= 15 is 0 Å². The summed E-state index contributed by atoms with van der Waals surface area (Å²) in [4.78, 5) is 12.3. The third kappa shape index (κ3) is 4.99. The van der Waals surface area contributed by atoms with Gasteiger partial charge >= 0.3 is 0 Å². The number of rotatable bonds is 9. The molecule has 0 fully saturated rings. The SMILES string of the molecule is COCCNC(=O)[C@@H](C)Sc1nnc(-c2ccccc2)n1Cc1ccco1. The van der Waals surface area contributed by atoms with Crippen molar-refractivity contribution in [2.45, 2.75) is 23.9 Å². The molecule has 3 aromatic rings. The zero-order valence-corrected chi connectivity index (χ0v) is 16.1. The van der Waals surface area contributed by atoms with E-state index in [1.54, 1.807) is 13.4 Å². The Kier molecular flexibility index (Phi) is 6.67. The summed E-state index contributed by atoms with van der Waals surface area (Å²) in [6, 6.07) is 13.6. The van der Waals surface area contributed by atoms with Crippen molar-refractivity contribution in [2.24, 2.45) is 0 Å². The molecule has 7 nitrogen and oxygen atoms in total. The number of methoxy groups -OCH3 is 1. The molecule has 0 saturated heterocycles. The highest BCUT2D eigenvalue weighted by atomic mass is 32.2. The van der Waals surface area contributed by atoms with E-state index in [1.165, 1.54) is 11.8 Å². The van der Waals surface area contributed by atoms with Crippen molar-refractivity contribution in [3.05, 3.63) is 54.5 Å². The number of nitrogens with zero attached hydrogens (tertiary/aromatic N) is 3. The molecule has 3 rings (SSSR count). The summed E-state index contributed by atoms with van der Waals surface area (Å²) in [6.45, 7) is 3.30. The number of thioether (sulfide) groups is 1. The van der Waals surface area contributed by atoms with Gasteiger partial charge < -0.3 is 14.5 Å². The fourth-order valence-electron chi connectivity index (χ4n) is 2.51. The van der Waals surface area contributed by atoms with Crippen LogP contribution in [-0.4, -0.2) is 46.2 Å². The molecule has 0 spiro atoms. The first kappa shape index (κ1) is 19.2. The molecule has 0 unspecified atom stereocenters. The summed E-state index contributed by atoms with van der Waals surface area (Å²) in [5.41, 5.74) is 0.959. The van der Waals surface area contributed by atoms with Crippen LogP contribution >= 0.6 is 11.8 Å². The van der Waals surface area contributed by atoms with Crippen molar-refractivity contribution in [1.82, 2.24) is 20.1 Å². The van der Waals surface area contributed by atoms with Gasteiger partial charge in [-0.05, 0) is 19.1 Å². The lowest BCUT2D eigenvalue weighted by molar-refractivity contribution is -0.120. The van der Waals surface area contributed by atoms with Gasteiger partial charge in [-0.25, -0.2) is 0 Å². The molecule has 27 heavy (non-hydrogen) atoms. The summed E-state index contributed by atoms with van der Waals surface area (Å²) >= 11 is 1.37. The summed E-state index contributed by atoms with van der Waals surface area (Å²) < 4.78 is 12.4. The van der Waals surface area contributed by atoms with Crippen LogP contribution in [0.15, 0.2) is 58.3 Å². The Bertz CT molecular complexity index is 849. The molecule has 0 aliphatic carbocycles. The minimum atomic E-state index is -0.315. The monoisotopic (exact) mass is 386 g/mol. The average Bonchev–Trinajstić information content (AvgIpc) is 3.33. The first-order valence-electron chi connectivity index (χ1n) is 8.63. The molecule has 2 aromatic heterocycles. The highest BCUT2D eigenvalue weighted by molar-refractivity contribution is 8.00. The Morgan fingerprint density at radius 2 is 2.07 bits per heavy atom. The van der Waals surface area contributed by atoms with Crippen molar-refractivity contribution in [2.75, 3.05) is 20.3 Å². The maximum Gasteiger partial charge on any atom is 0.233 e. The molecule has 1 amide bonds. The van der Waals surface area contributed by atoms with E-state index in [0.717, 1.165) is 17.1 Å². The Balaban J connectivity index is 1.82. The number of furan rings is 1. The standard InChI is InChI=1S/C19H22N4O3S/c1-14(18(24)20-10-12-25-2)27-19-22-21-17(15-7-4-3-5-8-15)23(19)13-16-9-6-11-26-16/h3-9,11,14H,10,12-13H2,1-2H3,(H,20,24)/t14-/m1/s1. The average molecular weight is 386 g/mol. The number of carbonyl (C=O) groups is 1. The topological polar surface area (TPSA) is 82.2 Å². The quantitative estimate of drug-likeness (QED) is 0.450. The summed E-state index contributed by atoms with van der Waals surface area (Å²) in [5, 5.41) is 11.9. The zero-order chi connectivity index (χ0) is 19.1. The summed E-state index contributed by atoms with van der Waals surface area (Å²) in [5.74, 6) is 1.47. The molecular formula is C19H22N4O3S. The van der Waals surface area contributed by atoms with Gasteiger partial charge in [0, 0.05) is 19.2 Å². The molecule has 8 heteroatoms. The zero-order valence-electron chi connectivity index (χ0n) is 15.3. The lowest BCUT2D eigenvalue weighted by atomic mass is 10.2. The Morgan fingerprint density at radius 1 is 1.26 bits per heavy atom. The van der Waals surface area contributed by atoms with Gasteiger partial charge in [0.1, 0.15) is 5.76 Å². The van der Waals surface area contributed by atoms with Gasteiger partial charge in [-0.1, -0.05) is 42.1 Å². The number of aromatic nitrogens is 3. The molecule has 0 aliphatic heterocycles. The van der Waals surface area contributed by atoms with Gasteiger partial charge in [0.05, 0.1) is 24.7 Å². The predicted molar refractivity (Wildman–Crippen MR) is 103 cm³/mol. The number of ether oxygens (including phenoxy) is 1. The van der Waals surface area contributed by atoms with Crippen molar-refractivity contribution < 1.29 is 13.9 Å². The molecule has 1 N–H and O–H groups in total. The number of benzene rings is 1. The van der Waals surface area contributed by atoms with Gasteiger partial charge in [0.25, 0.3) is 0 Å². The summed E-state index contributed by atoms with van der Waals surface area (Å²) in [7, 11) is 1.60. The Morgan fingerprint density at radius 3 is 2.78 bits per heavy atom. The third-order valence-corrected chi connectivity index (χ3v) is 4.98. The number of carbonyl (C=O) groups excluding carboxylic acids is 1. The molecule has 0 aliphatic rings. The van der Waals surface area contributed by atoms with Crippen molar-refractivity contribution in [1.29, 1.82) is 0 Å². The van der Waals surface area contributed by atoms with E-state index in [2.05, 4.69) is 15.5 Å². The van der Waals surface area contributed by atoms with Crippen LogP contribution < -0.4 is 5.32 Å². The van der Waals surface area contributed by atoms with Crippen molar-refractivity contribution in [3.63, 3.8) is 0 Å². The molecule has 1 atom stereocenters. The van der Waals surface area contributed by atoms with Crippen LogP contribution in [0.3, 0.4) is 0 Å². The normalized spacial score (nSPS) is 12.1. The second-order valence-electron chi connectivity index (χ2n) is 5.88. The van der Waals surface area contributed by atoms with Crippen LogP contribution in [0.4, 0.5) is 0 Å². The van der Waals surface area contributed by atoms with Gasteiger partial charge in [0.2, 0.25) is 5.91 Å². The largest absolute Gasteiger partial charge is 0.467 e. The van der Waals surface area contributed by atoms with Gasteiger partial charge in [-0.2, -0.15) is 0 Å². The van der Waals surface area contributed by atoms with E-state index in [4.69, 9.17) is 9.15 Å². The summed E-state index contributed by atoms with van der Waals surface area (Å²) in [6.07, 6.45) is 1.64. The van der Waals surface area contributed by atoms with Crippen LogP contribution in [0.25, 0.3) is 11.4 Å². The Labute approximate surface area is 162 Å². The third-order valence-electron chi connectivity index (χ3n) is 3.90. The first-order chi connectivity index (χ1) is 13.2. The van der Waals surface area contributed by atoms with Crippen molar-refractivity contribution >= 4 is 17.7 Å². The van der Waals surface area contributed by atoms with E-state index in [9.17, 15) is 4.79 Å². The molecule has 0 saturated carbocycles. The maximum atomic E-state index is 12.3. The fourth-order valence-corrected chi connectivity index (χ4v) is 3.38. The lowest BCUT2D eigenvalue weighted by Gasteiger charge is -2.13. The first-order valence-corrected chi connectivity index (χ1v) is 9.51. The molecular weight excluding hydrogens is 364 g/mol. The van der Waals surface area contributed by atoms with E-state index in [-0.39, 0.29) is 11.2 Å². The van der Waals surface area contributed by atoms with Crippen molar-refractivity contribution in [3.8, 4) is 11.4 Å². The fraction of sp³-hybridized carbons (Fsp3) is 0.316. The molecule has 2 heterocycles. The predicted octanol–water partition coefficient (Wildman–Crippen LogP) is 2.83. The molecule has 1 aromatic carbocycles. The second kappa shape index (κ2) is 9.38. The number of hydrogen-bond donors (Lipinski definition) is 1. The molecule has 142 valence electrons. The minimum absolute atomic E-state index is 0.0640. The Hall–Kier alpha value is -2.58. The highest BCUT2D eigenvalue weighted by Gasteiger charge is 2.21. The minimum Gasteiger partial charge on any atom is -0.467 e. The van der Waals surface area contributed by atoms with Gasteiger partial charge in [-0.15, -0.1) is 10.2 Å². The van der Waals surface area contributed by atoms with E-state index in [1.807, 2.05) is 54.0 Å². The second-order valence-corrected chi connectivity index (χ2v) is 7.19. The molecule has 0 radical (unpaired) electrons. The van der Waals surface area contributed by atoms with E-state index < -0.39 is 0 Å². The van der Waals surface area contributed by atoms with Gasteiger partial charge in [-0.3, -0.25) is 9.36 Å². The maximum absolute atomic E-state index is 12.3. The van der Waals surface area contributed by atoms with Crippen LogP contribution in [0, 0.1) is 0 Å². The van der Waals surface area contributed by atoms with Crippen LogP contribution in [-0.2, 0) is 16.1 Å². The highest BCUT2D eigenvalue weighted by Crippen LogP contribution is 2.27. The van der Waals surface area contributed by atoms with Crippen LogP contribution in [0.2, 0.25) is 0 Å². The number of nitrogens with one attached hydrogen (secondary N) is 1. The number of amides is 1. The van der Waals surface area contributed by atoms with Crippen LogP contribution in [0.5, 0.6) is 0 Å². The smallest absolute Gasteiger partial charge is 0.233 e.